The van der Waals surface area contributed by atoms with E-state index in [1.54, 1.807) is 38.1 Å². The summed E-state index contributed by atoms with van der Waals surface area (Å²) in [4.78, 5) is 14.8. The lowest BCUT2D eigenvalue weighted by Crippen LogP contribution is -2.31. The van der Waals surface area contributed by atoms with Crippen molar-refractivity contribution >= 4 is 27.3 Å². The monoisotopic (exact) mass is 391 g/mol. The summed E-state index contributed by atoms with van der Waals surface area (Å²) in [6.07, 6.45) is 4.95. The zero-order chi connectivity index (χ0) is 19.4. The molecule has 0 atom stereocenters. The summed E-state index contributed by atoms with van der Waals surface area (Å²) in [6, 6.07) is 6.53. The predicted molar refractivity (Wildman–Crippen MR) is 105 cm³/mol. The van der Waals surface area contributed by atoms with Crippen molar-refractivity contribution in [1.29, 1.82) is 0 Å². The minimum absolute atomic E-state index is 0.177. The Hall–Kier alpha value is -2.32. The third-order valence-corrected chi connectivity index (χ3v) is 6.84. The maximum atomic E-state index is 12.9. The first-order valence-electron chi connectivity index (χ1n) is 9.20. The van der Waals surface area contributed by atoms with Crippen molar-refractivity contribution in [2.24, 2.45) is 0 Å². The minimum Gasteiger partial charge on any atom is -0.472 e. The maximum absolute atomic E-state index is 12.9. The number of sulfonamides is 1. The highest BCUT2D eigenvalue weighted by Gasteiger charge is 2.25. The van der Waals surface area contributed by atoms with E-state index in [-0.39, 0.29) is 10.8 Å². The number of hydrogen-bond acceptors (Lipinski definition) is 5. The topological polar surface area (TPSA) is 82.9 Å². The zero-order valence-electron chi connectivity index (χ0n) is 15.6. The molecule has 1 N–H and O–H groups in total. The Balaban J connectivity index is 2.00. The Morgan fingerprint density at radius 3 is 2.48 bits per heavy atom. The Bertz CT molecular complexity index is 884. The van der Waals surface area contributed by atoms with Crippen molar-refractivity contribution in [3.63, 3.8) is 0 Å². The second-order valence-electron chi connectivity index (χ2n) is 6.43. The quantitative estimate of drug-likeness (QED) is 0.784. The fraction of sp³-hybridized carbons (Fsp3) is 0.421. The molecule has 27 heavy (non-hydrogen) atoms. The largest absolute Gasteiger partial charge is 0.472 e. The number of carbonyl (C=O) groups excluding carboxylic acids is 1. The van der Waals surface area contributed by atoms with Gasteiger partial charge in [0, 0.05) is 26.2 Å². The van der Waals surface area contributed by atoms with E-state index in [4.69, 9.17) is 4.42 Å². The molecule has 1 saturated heterocycles. The third-order valence-electron chi connectivity index (χ3n) is 4.79. The molecular weight excluding hydrogens is 366 g/mol. The maximum Gasteiger partial charge on any atom is 0.258 e. The fourth-order valence-electron chi connectivity index (χ4n) is 3.31. The Morgan fingerprint density at radius 1 is 1.19 bits per heavy atom. The average Bonchev–Trinajstić information content (AvgIpc) is 3.36. The summed E-state index contributed by atoms with van der Waals surface area (Å²) in [5.74, 6) is -0.332. The van der Waals surface area contributed by atoms with Crippen molar-refractivity contribution in [3.05, 3.63) is 42.4 Å². The molecule has 0 spiro atoms. The van der Waals surface area contributed by atoms with Crippen LogP contribution >= 0.6 is 0 Å². The number of carbonyl (C=O) groups is 1. The second kappa shape index (κ2) is 8.14. The Kier molecular flexibility index (Phi) is 5.86. The molecule has 7 nitrogen and oxygen atoms in total. The molecule has 146 valence electrons. The van der Waals surface area contributed by atoms with Crippen molar-refractivity contribution in [2.75, 3.05) is 36.4 Å². The van der Waals surface area contributed by atoms with Crippen LogP contribution in [0.4, 0.5) is 11.4 Å². The van der Waals surface area contributed by atoms with Gasteiger partial charge in [0.15, 0.2) is 0 Å². The molecule has 1 aliphatic rings. The highest BCUT2D eigenvalue weighted by molar-refractivity contribution is 7.89. The number of anilines is 2. The molecule has 1 aromatic heterocycles. The van der Waals surface area contributed by atoms with E-state index in [2.05, 4.69) is 10.2 Å². The van der Waals surface area contributed by atoms with E-state index in [0.29, 0.717) is 24.3 Å². The normalized spacial score (nSPS) is 14.7. The van der Waals surface area contributed by atoms with E-state index in [1.165, 1.54) is 16.8 Å². The first-order chi connectivity index (χ1) is 13.0. The molecule has 1 aromatic carbocycles. The molecule has 1 fully saturated rings. The lowest BCUT2D eigenvalue weighted by molar-refractivity contribution is 0.102. The molecule has 1 amide bonds. The van der Waals surface area contributed by atoms with Gasteiger partial charge in [-0.05, 0) is 37.1 Å². The van der Waals surface area contributed by atoms with E-state index < -0.39 is 10.0 Å². The van der Waals surface area contributed by atoms with Crippen LogP contribution in [0, 0.1) is 0 Å². The molecule has 0 bridgehead atoms. The smallest absolute Gasteiger partial charge is 0.258 e. The van der Waals surface area contributed by atoms with Gasteiger partial charge >= 0.3 is 0 Å². The Labute approximate surface area is 160 Å². The van der Waals surface area contributed by atoms with E-state index >= 15 is 0 Å². The van der Waals surface area contributed by atoms with Gasteiger partial charge in [-0.25, -0.2) is 8.42 Å². The van der Waals surface area contributed by atoms with Crippen LogP contribution in [0.5, 0.6) is 0 Å². The number of hydrogen-bond donors (Lipinski definition) is 1. The van der Waals surface area contributed by atoms with E-state index in [0.717, 1.165) is 31.6 Å². The lowest BCUT2D eigenvalue weighted by atomic mass is 10.2. The average molecular weight is 391 g/mol. The van der Waals surface area contributed by atoms with Gasteiger partial charge in [0.2, 0.25) is 10.0 Å². The van der Waals surface area contributed by atoms with Gasteiger partial charge in [-0.3, -0.25) is 4.79 Å². The molecule has 2 heterocycles. The predicted octanol–water partition coefficient (Wildman–Crippen LogP) is 3.16. The van der Waals surface area contributed by atoms with E-state index in [9.17, 15) is 13.2 Å². The number of rotatable bonds is 7. The van der Waals surface area contributed by atoms with Crippen molar-refractivity contribution in [3.8, 4) is 0 Å². The van der Waals surface area contributed by atoms with Crippen molar-refractivity contribution < 1.29 is 17.6 Å². The van der Waals surface area contributed by atoms with Crippen LogP contribution in [0.2, 0.25) is 0 Å². The van der Waals surface area contributed by atoms with Crippen LogP contribution < -0.4 is 10.2 Å². The van der Waals surface area contributed by atoms with Gasteiger partial charge in [-0.15, -0.1) is 0 Å². The van der Waals surface area contributed by atoms with Gasteiger partial charge in [0.25, 0.3) is 5.91 Å². The summed E-state index contributed by atoms with van der Waals surface area (Å²) in [5, 5.41) is 2.85. The van der Waals surface area contributed by atoms with Crippen molar-refractivity contribution in [2.45, 2.75) is 31.6 Å². The van der Waals surface area contributed by atoms with Crippen LogP contribution in [-0.4, -0.2) is 44.8 Å². The molecule has 0 radical (unpaired) electrons. The fourth-order valence-corrected chi connectivity index (χ4v) is 4.80. The van der Waals surface area contributed by atoms with Gasteiger partial charge in [0.05, 0.1) is 28.1 Å². The lowest BCUT2D eigenvalue weighted by Gasteiger charge is -2.24. The molecule has 8 heteroatoms. The van der Waals surface area contributed by atoms with Crippen LogP contribution in [0.25, 0.3) is 0 Å². The van der Waals surface area contributed by atoms with Gasteiger partial charge in [-0.1, -0.05) is 13.8 Å². The summed E-state index contributed by atoms with van der Waals surface area (Å²) in [7, 11) is -3.61. The van der Waals surface area contributed by atoms with E-state index in [1.807, 2.05) is 0 Å². The highest BCUT2D eigenvalue weighted by atomic mass is 32.2. The summed E-state index contributed by atoms with van der Waals surface area (Å²) < 4.78 is 32.1. The van der Waals surface area contributed by atoms with Crippen LogP contribution in [0.15, 0.2) is 46.1 Å². The standard InChI is InChI=1S/C19H25N3O4S/c1-3-22(4-2)27(24,25)16-7-8-18(21-10-5-6-11-21)17(13-16)20-19(23)15-9-12-26-14-15/h7-9,12-14H,3-6,10-11H2,1-2H3,(H,20,23). The molecule has 2 aromatic rings. The molecule has 3 rings (SSSR count). The number of amides is 1. The highest BCUT2D eigenvalue weighted by Crippen LogP contribution is 2.32. The van der Waals surface area contributed by atoms with Crippen LogP contribution in [0.3, 0.4) is 0 Å². The van der Waals surface area contributed by atoms with Crippen molar-refractivity contribution in [1.82, 2.24) is 4.31 Å². The first kappa shape index (κ1) is 19.4. The second-order valence-corrected chi connectivity index (χ2v) is 8.37. The number of nitrogens with zero attached hydrogens (tertiary/aromatic N) is 2. The van der Waals surface area contributed by atoms with Gasteiger partial charge in [0.1, 0.15) is 6.26 Å². The third kappa shape index (κ3) is 4.01. The summed E-state index contributed by atoms with van der Waals surface area (Å²) in [6.45, 7) is 6.17. The number of nitrogens with one attached hydrogen (secondary N) is 1. The number of furan rings is 1. The Morgan fingerprint density at radius 2 is 1.89 bits per heavy atom. The molecule has 0 unspecified atom stereocenters. The molecule has 0 saturated carbocycles. The van der Waals surface area contributed by atoms with Crippen LogP contribution in [0.1, 0.15) is 37.0 Å². The summed E-state index contributed by atoms with van der Waals surface area (Å²) in [5.41, 5.74) is 1.72. The zero-order valence-corrected chi connectivity index (χ0v) is 16.5. The SMILES string of the molecule is CCN(CC)S(=O)(=O)c1ccc(N2CCCC2)c(NC(=O)c2ccoc2)c1. The van der Waals surface area contributed by atoms with Gasteiger partial charge in [-0.2, -0.15) is 4.31 Å². The van der Waals surface area contributed by atoms with Crippen LogP contribution in [-0.2, 0) is 10.0 Å². The molecule has 1 aliphatic heterocycles. The minimum atomic E-state index is -3.61. The summed E-state index contributed by atoms with van der Waals surface area (Å²) >= 11 is 0. The first-order valence-corrected chi connectivity index (χ1v) is 10.6. The number of benzene rings is 1. The molecular formula is C19H25N3O4S. The molecule has 0 aliphatic carbocycles. The van der Waals surface area contributed by atoms with Gasteiger partial charge < -0.3 is 14.6 Å².